The summed E-state index contributed by atoms with van der Waals surface area (Å²) < 4.78 is 5.11. The molecular formula is C17H13N3O4. The number of carboxylic acids is 1. The first-order chi connectivity index (χ1) is 11.6. The number of anilines is 1. The number of nitrogens with one attached hydrogen (secondary N) is 1. The van der Waals surface area contributed by atoms with E-state index in [1.165, 1.54) is 12.3 Å². The van der Waals surface area contributed by atoms with Crippen molar-refractivity contribution < 1.29 is 19.4 Å². The van der Waals surface area contributed by atoms with E-state index in [1.54, 1.807) is 12.1 Å². The van der Waals surface area contributed by atoms with E-state index < -0.39 is 12.1 Å². The van der Waals surface area contributed by atoms with Crippen LogP contribution < -0.4 is 5.32 Å². The second kappa shape index (κ2) is 6.74. The van der Waals surface area contributed by atoms with Crippen LogP contribution in [0.3, 0.4) is 0 Å². The molecule has 1 amide bonds. The molecule has 2 heterocycles. The summed E-state index contributed by atoms with van der Waals surface area (Å²) in [7, 11) is 0. The fraction of sp³-hybridized carbons (Fsp3) is 0.0588. The van der Waals surface area contributed by atoms with Gasteiger partial charge in [-0.1, -0.05) is 30.3 Å². The quantitative estimate of drug-likeness (QED) is 0.765. The van der Waals surface area contributed by atoms with Crippen LogP contribution in [-0.2, 0) is 11.3 Å². The molecule has 0 atom stereocenters. The molecular weight excluding hydrogens is 310 g/mol. The molecule has 2 N–H and O–H groups in total. The Hall–Kier alpha value is -3.48. The highest BCUT2D eigenvalue weighted by molar-refractivity contribution is 5.92. The largest absolute Gasteiger partial charge is 0.478 e. The van der Waals surface area contributed by atoms with Crippen LogP contribution in [0.1, 0.15) is 15.9 Å². The van der Waals surface area contributed by atoms with Gasteiger partial charge in [-0.05, 0) is 23.8 Å². The van der Waals surface area contributed by atoms with Crippen molar-refractivity contribution in [3.63, 3.8) is 0 Å². The molecule has 24 heavy (non-hydrogen) atoms. The van der Waals surface area contributed by atoms with Crippen molar-refractivity contribution in [3.05, 3.63) is 65.9 Å². The minimum Gasteiger partial charge on any atom is -0.478 e. The van der Waals surface area contributed by atoms with E-state index >= 15 is 0 Å². The number of carbonyl (C=O) groups excluding carboxylic acids is 1. The van der Waals surface area contributed by atoms with Crippen LogP contribution in [0.25, 0.3) is 11.0 Å². The first-order valence-electron chi connectivity index (χ1n) is 7.09. The number of carboxylic acid groups (broad SMARTS) is 1. The molecule has 0 aliphatic heterocycles. The van der Waals surface area contributed by atoms with E-state index in [4.69, 9.17) is 9.84 Å². The molecule has 3 aromatic rings. The lowest BCUT2D eigenvalue weighted by Gasteiger charge is -2.07. The standard InChI is InChI=1S/C17H13N3O4/c21-16(22)13-8-12-6-7-14(19-15(12)18-9-13)20-17(23)24-10-11-4-2-1-3-5-11/h1-9H,10H2,(H,21,22)(H,18,19,20,23). The van der Waals surface area contributed by atoms with Crippen LogP contribution in [0.2, 0.25) is 0 Å². The predicted octanol–water partition coefficient (Wildman–Crippen LogP) is 3.08. The van der Waals surface area contributed by atoms with Crippen molar-refractivity contribution in [1.82, 2.24) is 9.97 Å². The molecule has 7 nitrogen and oxygen atoms in total. The van der Waals surface area contributed by atoms with E-state index in [0.717, 1.165) is 5.56 Å². The number of nitrogens with zero attached hydrogens (tertiary/aromatic N) is 2. The number of hydrogen-bond acceptors (Lipinski definition) is 5. The third kappa shape index (κ3) is 3.64. The zero-order valence-corrected chi connectivity index (χ0v) is 12.5. The van der Waals surface area contributed by atoms with Crippen molar-refractivity contribution in [3.8, 4) is 0 Å². The van der Waals surface area contributed by atoms with Gasteiger partial charge in [-0.3, -0.25) is 5.32 Å². The van der Waals surface area contributed by atoms with Gasteiger partial charge in [0, 0.05) is 11.6 Å². The molecule has 0 fully saturated rings. The zero-order chi connectivity index (χ0) is 16.9. The van der Waals surface area contributed by atoms with Gasteiger partial charge in [0.2, 0.25) is 0 Å². The fourth-order valence-electron chi connectivity index (χ4n) is 2.06. The maximum atomic E-state index is 11.8. The number of rotatable bonds is 4. The molecule has 0 bridgehead atoms. The minimum atomic E-state index is -1.06. The average molecular weight is 323 g/mol. The molecule has 0 spiro atoms. The molecule has 3 rings (SSSR count). The molecule has 120 valence electrons. The Labute approximate surface area is 136 Å². The van der Waals surface area contributed by atoms with E-state index in [-0.39, 0.29) is 18.0 Å². The Morgan fingerprint density at radius 3 is 2.67 bits per heavy atom. The summed E-state index contributed by atoms with van der Waals surface area (Å²) in [6.45, 7) is 0.153. The maximum absolute atomic E-state index is 11.8. The summed E-state index contributed by atoms with van der Waals surface area (Å²) in [6, 6.07) is 14.0. The predicted molar refractivity (Wildman–Crippen MR) is 86.7 cm³/mol. The van der Waals surface area contributed by atoms with E-state index in [2.05, 4.69) is 15.3 Å². The minimum absolute atomic E-state index is 0.0762. The van der Waals surface area contributed by atoms with Gasteiger partial charge >= 0.3 is 12.1 Å². The third-order valence-corrected chi connectivity index (χ3v) is 3.23. The molecule has 2 aromatic heterocycles. The third-order valence-electron chi connectivity index (χ3n) is 3.23. The Kier molecular flexibility index (Phi) is 4.33. The number of amides is 1. The number of ether oxygens (including phenoxy) is 1. The molecule has 0 unspecified atom stereocenters. The summed E-state index contributed by atoms with van der Waals surface area (Å²) in [5.74, 6) is -0.785. The number of carbonyl (C=O) groups is 2. The average Bonchev–Trinajstić information content (AvgIpc) is 2.60. The Morgan fingerprint density at radius 1 is 1.12 bits per heavy atom. The highest BCUT2D eigenvalue weighted by Crippen LogP contribution is 2.15. The highest BCUT2D eigenvalue weighted by Gasteiger charge is 2.08. The number of benzene rings is 1. The van der Waals surface area contributed by atoms with Gasteiger partial charge in [-0.2, -0.15) is 0 Å². The van der Waals surface area contributed by atoms with Crippen LogP contribution in [-0.4, -0.2) is 27.1 Å². The Morgan fingerprint density at radius 2 is 1.92 bits per heavy atom. The van der Waals surface area contributed by atoms with Crippen LogP contribution in [0, 0.1) is 0 Å². The van der Waals surface area contributed by atoms with Gasteiger partial charge in [0.1, 0.15) is 12.4 Å². The van der Waals surface area contributed by atoms with Crippen LogP contribution in [0.15, 0.2) is 54.7 Å². The van der Waals surface area contributed by atoms with Gasteiger partial charge < -0.3 is 9.84 Å². The SMILES string of the molecule is O=C(Nc1ccc2cc(C(=O)O)cnc2n1)OCc1ccccc1. The summed E-state index contributed by atoms with van der Waals surface area (Å²) >= 11 is 0. The fourth-order valence-corrected chi connectivity index (χ4v) is 2.06. The van der Waals surface area contributed by atoms with Crippen LogP contribution in [0.4, 0.5) is 10.6 Å². The summed E-state index contributed by atoms with van der Waals surface area (Å²) in [5.41, 5.74) is 1.29. The van der Waals surface area contributed by atoms with Crippen LogP contribution in [0.5, 0.6) is 0 Å². The van der Waals surface area contributed by atoms with Crippen molar-refractivity contribution in [2.75, 3.05) is 5.32 Å². The van der Waals surface area contributed by atoms with E-state index in [0.29, 0.717) is 11.0 Å². The number of hydrogen-bond donors (Lipinski definition) is 2. The molecule has 0 saturated carbocycles. The van der Waals surface area contributed by atoms with Gasteiger partial charge in [0.15, 0.2) is 5.65 Å². The lowest BCUT2D eigenvalue weighted by Crippen LogP contribution is -2.14. The van der Waals surface area contributed by atoms with Gasteiger partial charge in [-0.25, -0.2) is 19.6 Å². The second-order valence-electron chi connectivity index (χ2n) is 4.96. The van der Waals surface area contributed by atoms with Gasteiger partial charge in [-0.15, -0.1) is 0 Å². The first-order valence-corrected chi connectivity index (χ1v) is 7.09. The lowest BCUT2D eigenvalue weighted by atomic mass is 10.2. The van der Waals surface area contributed by atoms with Crippen molar-refractivity contribution in [1.29, 1.82) is 0 Å². The van der Waals surface area contributed by atoms with Gasteiger partial charge in [0.25, 0.3) is 0 Å². The highest BCUT2D eigenvalue weighted by atomic mass is 16.5. The molecule has 0 radical (unpaired) electrons. The summed E-state index contributed by atoms with van der Waals surface area (Å²) in [6.07, 6.45) is 0.586. The van der Waals surface area contributed by atoms with Crippen molar-refractivity contribution in [2.45, 2.75) is 6.61 Å². The molecule has 1 aromatic carbocycles. The smallest absolute Gasteiger partial charge is 0.413 e. The lowest BCUT2D eigenvalue weighted by molar-refractivity contribution is 0.0696. The summed E-state index contributed by atoms with van der Waals surface area (Å²) in [5, 5.41) is 12.0. The van der Waals surface area contributed by atoms with E-state index in [1.807, 2.05) is 30.3 Å². The molecule has 0 saturated heterocycles. The molecule has 0 aliphatic carbocycles. The van der Waals surface area contributed by atoms with Crippen LogP contribution >= 0.6 is 0 Å². The number of aromatic carboxylic acids is 1. The zero-order valence-electron chi connectivity index (χ0n) is 12.5. The number of pyridine rings is 2. The normalized spacial score (nSPS) is 10.3. The molecule has 0 aliphatic rings. The Balaban J connectivity index is 1.67. The number of aromatic nitrogens is 2. The Bertz CT molecular complexity index is 897. The second-order valence-corrected chi connectivity index (χ2v) is 4.96. The first kappa shape index (κ1) is 15.4. The van der Waals surface area contributed by atoms with Crippen molar-refractivity contribution >= 4 is 28.9 Å². The van der Waals surface area contributed by atoms with E-state index in [9.17, 15) is 9.59 Å². The summed E-state index contributed by atoms with van der Waals surface area (Å²) in [4.78, 5) is 30.8. The maximum Gasteiger partial charge on any atom is 0.413 e. The van der Waals surface area contributed by atoms with Crippen molar-refractivity contribution in [2.24, 2.45) is 0 Å². The topological polar surface area (TPSA) is 101 Å². The number of fused-ring (bicyclic) bond motifs is 1. The molecule has 7 heteroatoms. The van der Waals surface area contributed by atoms with Gasteiger partial charge in [0.05, 0.1) is 5.56 Å². The monoisotopic (exact) mass is 323 g/mol.